The lowest BCUT2D eigenvalue weighted by Crippen LogP contribution is -2.33. The molecule has 1 aliphatic heterocycles. The Bertz CT molecular complexity index is 380. The van der Waals surface area contributed by atoms with Gasteiger partial charge in [-0.05, 0) is 12.1 Å². The normalized spacial score (nSPS) is 20.1. The highest BCUT2D eigenvalue weighted by Gasteiger charge is 2.15. The fraction of sp³-hybridized carbons (Fsp3) is 0.417. The first-order valence-electron chi connectivity index (χ1n) is 5.21. The highest BCUT2D eigenvalue weighted by Crippen LogP contribution is 2.17. The molecule has 0 aromatic heterocycles. The van der Waals surface area contributed by atoms with Gasteiger partial charge in [-0.15, -0.1) is 0 Å². The summed E-state index contributed by atoms with van der Waals surface area (Å²) in [5.41, 5.74) is 0.541. The SMILES string of the molecule is N#Cc1ccccc1OCC1COCCO1. The zero-order valence-electron chi connectivity index (χ0n) is 8.89. The van der Waals surface area contributed by atoms with Crippen molar-refractivity contribution in [3.63, 3.8) is 0 Å². The maximum absolute atomic E-state index is 8.87. The summed E-state index contributed by atoms with van der Waals surface area (Å²) < 4.78 is 16.2. The van der Waals surface area contributed by atoms with E-state index >= 15 is 0 Å². The van der Waals surface area contributed by atoms with Gasteiger partial charge in [-0.2, -0.15) is 5.26 Å². The Morgan fingerprint density at radius 2 is 2.25 bits per heavy atom. The lowest BCUT2D eigenvalue weighted by molar-refractivity contribution is -0.101. The van der Waals surface area contributed by atoms with Crippen LogP contribution in [0.25, 0.3) is 0 Å². The molecule has 0 amide bonds. The van der Waals surface area contributed by atoms with Crippen molar-refractivity contribution in [3.8, 4) is 11.8 Å². The molecule has 0 saturated carbocycles. The first-order chi connectivity index (χ1) is 7.90. The molecule has 84 valence electrons. The van der Waals surface area contributed by atoms with Crippen LogP contribution in [0.15, 0.2) is 24.3 Å². The number of para-hydroxylation sites is 1. The molecule has 0 N–H and O–H groups in total. The molecule has 1 heterocycles. The van der Waals surface area contributed by atoms with Crippen LogP contribution in [0.5, 0.6) is 5.75 Å². The molecule has 1 aromatic carbocycles. The largest absolute Gasteiger partial charge is 0.489 e. The second-order valence-corrected chi connectivity index (χ2v) is 3.49. The lowest BCUT2D eigenvalue weighted by Gasteiger charge is -2.23. The van der Waals surface area contributed by atoms with Crippen molar-refractivity contribution in [2.75, 3.05) is 26.4 Å². The first kappa shape index (κ1) is 10.9. The van der Waals surface area contributed by atoms with Crippen molar-refractivity contribution in [2.24, 2.45) is 0 Å². The minimum absolute atomic E-state index is 0.0412. The first-order valence-corrected chi connectivity index (χ1v) is 5.21. The summed E-state index contributed by atoms with van der Waals surface area (Å²) in [6, 6.07) is 9.25. The highest BCUT2D eigenvalue weighted by molar-refractivity contribution is 5.42. The van der Waals surface area contributed by atoms with Gasteiger partial charge in [0.2, 0.25) is 0 Å². The molecule has 1 unspecified atom stereocenters. The molecule has 1 atom stereocenters. The van der Waals surface area contributed by atoms with Gasteiger partial charge in [0.25, 0.3) is 0 Å². The molecule has 1 aliphatic rings. The van der Waals surface area contributed by atoms with Gasteiger partial charge >= 0.3 is 0 Å². The van der Waals surface area contributed by atoms with E-state index in [-0.39, 0.29) is 6.10 Å². The topological polar surface area (TPSA) is 51.5 Å². The summed E-state index contributed by atoms with van der Waals surface area (Å²) >= 11 is 0. The van der Waals surface area contributed by atoms with Crippen LogP contribution < -0.4 is 4.74 Å². The van der Waals surface area contributed by atoms with Crippen LogP contribution >= 0.6 is 0 Å². The van der Waals surface area contributed by atoms with Gasteiger partial charge in [0.05, 0.1) is 25.4 Å². The van der Waals surface area contributed by atoms with E-state index in [1.807, 2.05) is 12.1 Å². The Kier molecular flexibility index (Phi) is 3.76. The Morgan fingerprint density at radius 3 is 3.00 bits per heavy atom. The van der Waals surface area contributed by atoms with E-state index in [0.717, 1.165) is 0 Å². The van der Waals surface area contributed by atoms with E-state index in [1.165, 1.54) is 0 Å². The van der Waals surface area contributed by atoms with Crippen LogP contribution in [0.4, 0.5) is 0 Å². The molecule has 0 bridgehead atoms. The molecule has 0 spiro atoms. The molecule has 0 aliphatic carbocycles. The van der Waals surface area contributed by atoms with Gasteiger partial charge < -0.3 is 14.2 Å². The van der Waals surface area contributed by atoms with E-state index < -0.39 is 0 Å². The van der Waals surface area contributed by atoms with Crippen LogP contribution in [0.3, 0.4) is 0 Å². The van der Waals surface area contributed by atoms with Crippen molar-refractivity contribution in [3.05, 3.63) is 29.8 Å². The summed E-state index contributed by atoms with van der Waals surface area (Å²) in [4.78, 5) is 0. The maximum atomic E-state index is 8.87. The van der Waals surface area contributed by atoms with Gasteiger partial charge in [-0.25, -0.2) is 0 Å². The fourth-order valence-electron chi connectivity index (χ4n) is 1.50. The van der Waals surface area contributed by atoms with E-state index in [0.29, 0.717) is 37.7 Å². The van der Waals surface area contributed by atoms with E-state index in [1.54, 1.807) is 12.1 Å². The van der Waals surface area contributed by atoms with Crippen LogP contribution in [-0.2, 0) is 9.47 Å². The molecule has 1 fully saturated rings. The third-order valence-corrected chi connectivity index (χ3v) is 2.32. The molecule has 16 heavy (non-hydrogen) atoms. The zero-order valence-corrected chi connectivity index (χ0v) is 8.89. The second kappa shape index (κ2) is 5.50. The molecular weight excluding hydrogens is 206 g/mol. The molecule has 2 rings (SSSR count). The van der Waals surface area contributed by atoms with Gasteiger partial charge in [0, 0.05) is 0 Å². The Hall–Kier alpha value is -1.57. The number of hydrogen-bond acceptors (Lipinski definition) is 4. The van der Waals surface area contributed by atoms with E-state index in [2.05, 4.69) is 6.07 Å². The Balaban J connectivity index is 1.91. The molecule has 1 aromatic rings. The van der Waals surface area contributed by atoms with Crippen molar-refractivity contribution in [1.82, 2.24) is 0 Å². The standard InChI is InChI=1S/C12H13NO3/c13-7-10-3-1-2-4-12(10)16-9-11-8-14-5-6-15-11/h1-4,11H,5-6,8-9H2. The van der Waals surface area contributed by atoms with Crippen molar-refractivity contribution < 1.29 is 14.2 Å². The summed E-state index contributed by atoms with van der Waals surface area (Å²) in [5, 5.41) is 8.87. The summed E-state index contributed by atoms with van der Waals surface area (Å²) in [7, 11) is 0. The number of ether oxygens (including phenoxy) is 3. The third kappa shape index (κ3) is 2.72. The number of nitrogens with zero attached hydrogens (tertiary/aromatic N) is 1. The van der Waals surface area contributed by atoms with Crippen LogP contribution in [0.2, 0.25) is 0 Å². The zero-order chi connectivity index (χ0) is 11.2. The minimum atomic E-state index is -0.0412. The Morgan fingerprint density at radius 1 is 1.38 bits per heavy atom. The van der Waals surface area contributed by atoms with E-state index in [4.69, 9.17) is 19.5 Å². The predicted molar refractivity (Wildman–Crippen MR) is 57.2 cm³/mol. The molecule has 4 heteroatoms. The van der Waals surface area contributed by atoms with Gasteiger partial charge in [-0.1, -0.05) is 12.1 Å². The van der Waals surface area contributed by atoms with Crippen molar-refractivity contribution in [2.45, 2.75) is 6.10 Å². The van der Waals surface area contributed by atoms with Gasteiger partial charge in [0.1, 0.15) is 24.5 Å². The van der Waals surface area contributed by atoms with Gasteiger partial charge in [-0.3, -0.25) is 0 Å². The molecule has 1 saturated heterocycles. The maximum Gasteiger partial charge on any atom is 0.137 e. The summed E-state index contributed by atoms with van der Waals surface area (Å²) in [5.74, 6) is 0.596. The lowest BCUT2D eigenvalue weighted by atomic mass is 10.2. The molecule has 4 nitrogen and oxygen atoms in total. The summed E-state index contributed by atoms with van der Waals surface area (Å²) in [6.07, 6.45) is -0.0412. The second-order valence-electron chi connectivity index (χ2n) is 3.49. The number of rotatable bonds is 3. The van der Waals surface area contributed by atoms with Gasteiger partial charge in [0.15, 0.2) is 0 Å². The summed E-state index contributed by atoms with van der Waals surface area (Å²) in [6.45, 7) is 2.21. The minimum Gasteiger partial charge on any atom is -0.489 e. The number of nitriles is 1. The smallest absolute Gasteiger partial charge is 0.137 e. The number of benzene rings is 1. The predicted octanol–water partition coefficient (Wildman–Crippen LogP) is 1.35. The average molecular weight is 219 g/mol. The van der Waals surface area contributed by atoms with Crippen LogP contribution in [0.1, 0.15) is 5.56 Å². The number of hydrogen-bond donors (Lipinski definition) is 0. The quantitative estimate of drug-likeness (QED) is 0.770. The van der Waals surface area contributed by atoms with Crippen molar-refractivity contribution >= 4 is 0 Å². The monoisotopic (exact) mass is 219 g/mol. The molecular formula is C12H13NO3. The van der Waals surface area contributed by atoms with Crippen LogP contribution in [-0.4, -0.2) is 32.5 Å². The van der Waals surface area contributed by atoms with Crippen molar-refractivity contribution in [1.29, 1.82) is 5.26 Å². The molecule has 0 radical (unpaired) electrons. The highest BCUT2D eigenvalue weighted by atomic mass is 16.6. The van der Waals surface area contributed by atoms with Crippen LogP contribution in [0, 0.1) is 11.3 Å². The average Bonchev–Trinajstić information content (AvgIpc) is 2.38. The third-order valence-electron chi connectivity index (χ3n) is 2.32. The fourth-order valence-corrected chi connectivity index (χ4v) is 1.50. The van der Waals surface area contributed by atoms with E-state index in [9.17, 15) is 0 Å². The Labute approximate surface area is 94.3 Å².